The quantitative estimate of drug-likeness (QED) is 0.349. The molecule has 0 aromatic heterocycles. The molecule has 3 fully saturated rings. The molecule has 0 N–H and O–H groups in total. The van der Waals surface area contributed by atoms with Crippen molar-refractivity contribution in [3.05, 3.63) is 37.5 Å². The molecule has 2 heterocycles. The summed E-state index contributed by atoms with van der Waals surface area (Å²) < 4.78 is 0. The van der Waals surface area contributed by atoms with Gasteiger partial charge < -0.3 is 14.6 Å². The first-order valence-electron chi connectivity index (χ1n) is 12.4. The maximum Gasteiger partial charge on any atom is 0.222 e. The Hall–Kier alpha value is -2.17. The van der Waals surface area contributed by atoms with Gasteiger partial charge in [0.1, 0.15) is 5.78 Å². The van der Waals surface area contributed by atoms with Crippen LogP contribution in [0.5, 0.6) is 0 Å². The summed E-state index contributed by atoms with van der Waals surface area (Å²) in [5.41, 5.74) is 0.377. The Bertz CT molecular complexity index is 549. The first kappa shape index (κ1) is 32.0. The molecule has 0 aromatic rings. The molecule has 2 aliphatic heterocycles. The lowest BCUT2D eigenvalue weighted by molar-refractivity contribution is -0.130. The molecule has 2 amide bonds. The molecule has 0 radical (unpaired) electrons. The number of Topliss-reactive ketones (excluding diaryl/α,β-unsaturated/α-hetero) is 1. The average molecular weight is 449 g/mol. The summed E-state index contributed by atoms with van der Waals surface area (Å²) in [6, 6.07) is 0. The molecule has 1 aliphatic carbocycles. The lowest BCUT2D eigenvalue weighted by Gasteiger charge is -2.17. The molecular weight excluding hydrogens is 400 g/mol. The Morgan fingerprint density at radius 2 is 1.38 bits per heavy atom. The van der Waals surface area contributed by atoms with Crippen LogP contribution in [0.25, 0.3) is 0 Å². The van der Waals surface area contributed by atoms with Gasteiger partial charge in [-0.25, -0.2) is 0 Å². The van der Waals surface area contributed by atoms with Crippen LogP contribution in [0.1, 0.15) is 92.4 Å². The molecule has 1 saturated carbocycles. The topological polar surface area (TPSA) is 57.7 Å². The zero-order valence-electron chi connectivity index (χ0n) is 21.4. The summed E-state index contributed by atoms with van der Waals surface area (Å²) in [7, 11) is 0. The van der Waals surface area contributed by atoms with Crippen molar-refractivity contribution in [1.29, 1.82) is 0 Å². The number of amides is 2. The van der Waals surface area contributed by atoms with Gasteiger partial charge in [0.15, 0.2) is 0 Å². The number of rotatable bonds is 7. The Labute approximate surface area is 197 Å². The third-order valence-corrected chi connectivity index (χ3v) is 5.37. The number of likely N-dealkylation sites (tertiary alicyclic amines) is 2. The van der Waals surface area contributed by atoms with Crippen molar-refractivity contribution in [3.63, 3.8) is 0 Å². The standard InChI is InChI=1S/C10H17NO2.C7H11NO.C6H8.2C2H6/c1-9(12)5-4-6-10(13)11-7-2-3-8-11;9-6-8-5-1-2-7(8)3-4-7;1-3-5-6-4-2;2*1-2/h2-8H2,1H3;6H,1-5H2;3-6H,1-2H2;2*1-2H3/b;;6-5-;;. The van der Waals surface area contributed by atoms with Crippen LogP contribution < -0.4 is 0 Å². The summed E-state index contributed by atoms with van der Waals surface area (Å²) in [5.74, 6) is 0.396. The van der Waals surface area contributed by atoms with Crippen molar-refractivity contribution >= 4 is 18.1 Å². The zero-order chi connectivity index (χ0) is 24.8. The highest BCUT2D eigenvalue weighted by Gasteiger charge is 2.50. The fourth-order valence-electron chi connectivity index (χ4n) is 3.58. The minimum Gasteiger partial charge on any atom is -0.343 e. The highest BCUT2D eigenvalue weighted by molar-refractivity contribution is 5.78. The summed E-state index contributed by atoms with van der Waals surface area (Å²) in [6.07, 6.45) is 17.1. The van der Waals surface area contributed by atoms with Crippen LogP contribution in [-0.2, 0) is 14.4 Å². The summed E-state index contributed by atoms with van der Waals surface area (Å²) in [5, 5.41) is 0. The number of ketones is 1. The van der Waals surface area contributed by atoms with E-state index in [1.54, 1.807) is 19.1 Å². The number of carbonyl (C=O) groups is 3. The van der Waals surface area contributed by atoms with Crippen molar-refractivity contribution in [2.75, 3.05) is 19.6 Å². The number of nitrogens with zero attached hydrogens (tertiary/aromatic N) is 2. The molecule has 5 heteroatoms. The number of carbonyl (C=O) groups excluding carboxylic acids is 3. The third-order valence-electron chi connectivity index (χ3n) is 5.37. The maximum absolute atomic E-state index is 11.4. The average Bonchev–Trinajstić information content (AvgIpc) is 3.20. The Balaban J connectivity index is 0. The van der Waals surface area contributed by atoms with E-state index in [1.807, 2.05) is 49.6 Å². The number of hydrogen-bond acceptors (Lipinski definition) is 3. The van der Waals surface area contributed by atoms with Crippen molar-refractivity contribution < 1.29 is 14.4 Å². The Morgan fingerprint density at radius 1 is 0.844 bits per heavy atom. The second kappa shape index (κ2) is 20.7. The minimum absolute atomic E-state index is 0.175. The van der Waals surface area contributed by atoms with Crippen molar-refractivity contribution in [2.24, 2.45) is 0 Å². The SMILES string of the molecule is C=C/C=C\C=C.CC.CC.CC(=O)CCCC(=O)N1CCCC1.O=CN1CCCC12CC2. The van der Waals surface area contributed by atoms with Crippen LogP contribution >= 0.6 is 0 Å². The van der Waals surface area contributed by atoms with Gasteiger partial charge in [-0.15, -0.1) is 0 Å². The first-order chi connectivity index (χ1) is 15.5. The van der Waals surface area contributed by atoms with Crippen LogP contribution in [0.2, 0.25) is 0 Å². The second-order valence-corrected chi connectivity index (χ2v) is 7.63. The molecule has 184 valence electrons. The van der Waals surface area contributed by atoms with E-state index in [2.05, 4.69) is 13.2 Å². The van der Waals surface area contributed by atoms with Gasteiger partial charge in [-0.1, -0.05) is 65.2 Å². The van der Waals surface area contributed by atoms with E-state index in [0.717, 1.165) is 38.9 Å². The molecule has 5 nitrogen and oxygen atoms in total. The number of hydrogen-bond donors (Lipinski definition) is 0. The molecule has 3 aliphatic rings. The highest BCUT2D eigenvalue weighted by atomic mass is 16.2. The minimum atomic E-state index is 0.175. The Morgan fingerprint density at radius 3 is 1.75 bits per heavy atom. The highest BCUT2D eigenvalue weighted by Crippen LogP contribution is 2.48. The molecule has 1 spiro atoms. The molecule has 0 aromatic carbocycles. The zero-order valence-corrected chi connectivity index (χ0v) is 21.4. The molecule has 2 saturated heterocycles. The second-order valence-electron chi connectivity index (χ2n) is 7.63. The van der Waals surface area contributed by atoms with Gasteiger partial charge in [-0.05, 0) is 51.9 Å². The van der Waals surface area contributed by atoms with E-state index in [1.165, 1.54) is 25.7 Å². The van der Waals surface area contributed by atoms with E-state index in [9.17, 15) is 14.4 Å². The van der Waals surface area contributed by atoms with E-state index in [4.69, 9.17) is 0 Å². The predicted molar refractivity (Wildman–Crippen MR) is 137 cm³/mol. The van der Waals surface area contributed by atoms with Gasteiger partial charge in [0, 0.05) is 38.0 Å². The smallest absolute Gasteiger partial charge is 0.222 e. The molecular formula is C27H48N2O3. The van der Waals surface area contributed by atoms with E-state index in [0.29, 0.717) is 24.8 Å². The van der Waals surface area contributed by atoms with Gasteiger partial charge in [0.2, 0.25) is 12.3 Å². The van der Waals surface area contributed by atoms with E-state index >= 15 is 0 Å². The van der Waals surface area contributed by atoms with Crippen molar-refractivity contribution in [3.8, 4) is 0 Å². The largest absolute Gasteiger partial charge is 0.343 e. The van der Waals surface area contributed by atoms with Crippen LogP contribution in [0.3, 0.4) is 0 Å². The summed E-state index contributed by atoms with van der Waals surface area (Å²) >= 11 is 0. The van der Waals surface area contributed by atoms with Gasteiger partial charge in [-0.2, -0.15) is 0 Å². The molecule has 0 unspecified atom stereocenters. The van der Waals surface area contributed by atoms with Crippen molar-refractivity contribution in [1.82, 2.24) is 9.80 Å². The summed E-state index contributed by atoms with van der Waals surface area (Å²) in [4.78, 5) is 36.3. The van der Waals surface area contributed by atoms with Gasteiger partial charge in [0.25, 0.3) is 0 Å². The van der Waals surface area contributed by atoms with E-state index < -0.39 is 0 Å². The van der Waals surface area contributed by atoms with Crippen molar-refractivity contribution in [2.45, 2.75) is 97.9 Å². The normalized spacial score (nSPS) is 16.8. The first-order valence-corrected chi connectivity index (χ1v) is 12.4. The fraction of sp³-hybridized carbons (Fsp3) is 0.667. The van der Waals surface area contributed by atoms with E-state index in [-0.39, 0.29) is 11.7 Å². The monoisotopic (exact) mass is 448 g/mol. The van der Waals surface area contributed by atoms with Gasteiger partial charge >= 0.3 is 0 Å². The van der Waals surface area contributed by atoms with Crippen LogP contribution in [0.4, 0.5) is 0 Å². The van der Waals surface area contributed by atoms with Crippen LogP contribution in [-0.4, -0.2) is 53.1 Å². The van der Waals surface area contributed by atoms with Crippen LogP contribution in [0.15, 0.2) is 37.5 Å². The predicted octanol–water partition coefficient (Wildman–Crippen LogP) is 6.11. The molecule has 3 rings (SSSR count). The summed E-state index contributed by atoms with van der Waals surface area (Å²) in [6.45, 7) is 19.3. The third kappa shape index (κ3) is 14.0. The fourth-order valence-corrected chi connectivity index (χ4v) is 3.58. The van der Waals surface area contributed by atoms with Gasteiger partial charge in [-0.3, -0.25) is 9.59 Å². The van der Waals surface area contributed by atoms with Crippen LogP contribution in [0, 0.1) is 0 Å². The Kier molecular flexibility index (Phi) is 20.7. The lowest BCUT2D eigenvalue weighted by Crippen LogP contribution is -2.29. The lowest BCUT2D eigenvalue weighted by atomic mass is 10.2. The van der Waals surface area contributed by atoms with Gasteiger partial charge in [0.05, 0.1) is 0 Å². The number of allylic oxidation sites excluding steroid dienone is 4. The molecule has 0 bridgehead atoms. The molecule has 32 heavy (non-hydrogen) atoms. The molecule has 0 atom stereocenters. The maximum atomic E-state index is 11.4.